The van der Waals surface area contributed by atoms with Crippen molar-refractivity contribution in [2.75, 3.05) is 13.7 Å². The van der Waals surface area contributed by atoms with E-state index in [9.17, 15) is 15.3 Å². The molecule has 0 radical (unpaired) electrons. The summed E-state index contributed by atoms with van der Waals surface area (Å²) < 4.78 is 21.9. The van der Waals surface area contributed by atoms with E-state index in [0.29, 0.717) is 18.1 Å². The van der Waals surface area contributed by atoms with Crippen molar-refractivity contribution in [1.29, 1.82) is 0 Å². The molecule has 0 bridgehead atoms. The fourth-order valence-corrected chi connectivity index (χ4v) is 2.81. The lowest BCUT2D eigenvalue weighted by Gasteiger charge is -2.40. The van der Waals surface area contributed by atoms with Gasteiger partial charge in [-0.15, -0.1) is 0 Å². The number of aliphatic hydroxyl groups is 3. The maximum absolute atomic E-state index is 10.2. The van der Waals surface area contributed by atoms with Crippen molar-refractivity contribution in [3.63, 3.8) is 0 Å². The lowest BCUT2D eigenvalue weighted by Crippen LogP contribution is -2.60. The Morgan fingerprint density at radius 2 is 1.52 bits per heavy atom. The second-order valence-corrected chi connectivity index (χ2v) is 6.31. The van der Waals surface area contributed by atoms with E-state index >= 15 is 0 Å². The Hall–Kier alpha value is -2.16. The predicted molar refractivity (Wildman–Crippen MR) is 96.4 cm³/mol. The Kier molecular flexibility index (Phi) is 6.65. The minimum Gasteiger partial charge on any atom is -0.497 e. The SMILES string of the molecule is COc1ccc(O[C@@H]2O[C@H](COCc3ccccc3)[C@H](O)[C@H](O)[C@H]2O)cc1. The average Bonchev–Trinajstić information content (AvgIpc) is 2.71. The summed E-state index contributed by atoms with van der Waals surface area (Å²) in [5.74, 6) is 1.10. The first kappa shape index (κ1) is 19.6. The summed E-state index contributed by atoms with van der Waals surface area (Å²) in [6.07, 6.45) is -6.07. The van der Waals surface area contributed by atoms with Gasteiger partial charge in [-0.1, -0.05) is 30.3 Å². The Balaban J connectivity index is 1.59. The van der Waals surface area contributed by atoms with E-state index in [1.54, 1.807) is 31.4 Å². The third-order valence-electron chi connectivity index (χ3n) is 4.37. The van der Waals surface area contributed by atoms with Crippen LogP contribution in [0.15, 0.2) is 54.6 Å². The van der Waals surface area contributed by atoms with Crippen LogP contribution in [0.5, 0.6) is 11.5 Å². The van der Waals surface area contributed by atoms with Crippen LogP contribution in [0.3, 0.4) is 0 Å². The van der Waals surface area contributed by atoms with Crippen LogP contribution in [-0.4, -0.2) is 59.7 Å². The molecule has 0 aliphatic carbocycles. The number of hydrogen-bond acceptors (Lipinski definition) is 7. The number of benzene rings is 2. The number of rotatable bonds is 7. The highest BCUT2D eigenvalue weighted by Crippen LogP contribution is 2.26. The maximum Gasteiger partial charge on any atom is 0.229 e. The number of hydrogen-bond donors (Lipinski definition) is 3. The molecule has 27 heavy (non-hydrogen) atoms. The second kappa shape index (κ2) is 9.16. The van der Waals surface area contributed by atoms with Crippen molar-refractivity contribution in [1.82, 2.24) is 0 Å². The van der Waals surface area contributed by atoms with Crippen molar-refractivity contribution in [2.24, 2.45) is 0 Å². The molecule has 3 rings (SSSR count). The fraction of sp³-hybridized carbons (Fsp3) is 0.400. The molecule has 0 spiro atoms. The topological polar surface area (TPSA) is 97.6 Å². The molecule has 146 valence electrons. The molecule has 0 aromatic heterocycles. The quantitative estimate of drug-likeness (QED) is 0.666. The molecule has 2 aromatic rings. The molecular formula is C20H24O7. The van der Waals surface area contributed by atoms with Gasteiger partial charge in [-0.05, 0) is 29.8 Å². The molecule has 1 aliphatic heterocycles. The van der Waals surface area contributed by atoms with Crippen molar-refractivity contribution in [2.45, 2.75) is 37.3 Å². The Bertz CT molecular complexity index is 691. The van der Waals surface area contributed by atoms with E-state index in [1.165, 1.54) is 0 Å². The van der Waals surface area contributed by atoms with E-state index < -0.39 is 30.7 Å². The van der Waals surface area contributed by atoms with Gasteiger partial charge < -0.3 is 34.3 Å². The molecule has 1 saturated heterocycles. The molecule has 0 amide bonds. The predicted octanol–water partition coefficient (Wildman–Crippen LogP) is 1.10. The minimum atomic E-state index is -1.41. The first-order valence-electron chi connectivity index (χ1n) is 8.70. The van der Waals surface area contributed by atoms with Crippen LogP contribution in [0.25, 0.3) is 0 Å². The zero-order valence-electron chi connectivity index (χ0n) is 15.0. The standard InChI is InChI=1S/C20H24O7/c1-24-14-7-9-15(10-8-14)26-20-19(23)18(22)17(21)16(27-20)12-25-11-13-5-3-2-4-6-13/h2-10,16-23H,11-12H2,1H3/t16-,17+,18+,19-,20-/m1/s1. The van der Waals surface area contributed by atoms with Crippen LogP contribution >= 0.6 is 0 Å². The molecule has 1 aliphatic rings. The largest absolute Gasteiger partial charge is 0.497 e. The molecule has 0 unspecified atom stereocenters. The highest BCUT2D eigenvalue weighted by atomic mass is 16.7. The number of aliphatic hydroxyl groups excluding tert-OH is 3. The summed E-state index contributed by atoms with van der Waals surface area (Å²) in [7, 11) is 1.56. The van der Waals surface area contributed by atoms with E-state index in [-0.39, 0.29) is 6.61 Å². The van der Waals surface area contributed by atoms with Gasteiger partial charge >= 0.3 is 0 Å². The Morgan fingerprint density at radius 3 is 2.19 bits per heavy atom. The van der Waals surface area contributed by atoms with E-state index in [1.807, 2.05) is 30.3 Å². The molecule has 2 aromatic carbocycles. The van der Waals surface area contributed by atoms with Crippen LogP contribution in [0.2, 0.25) is 0 Å². The molecule has 1 fully saturated rings. The molecule has 5 atom stereocenters. The van der Waals surface area contributed by atoms with Crippen LogP contribution in [0, 0.1) is 0 Å². The molecule has 0 saturated carbocycles. The van der Waals surface area contributed by atoms with Crippen molar-refractivity contribution in [3.8, 4) is 11.5 Å². The van der Waals surface area contributed by atoms with Gasteiger partial charge in [-0.2, -0.15) is 0 Å². The summed E-state index contributed by atoms with van der Waals surface area (Å²) in [4.78, 5) is 0. The van der Waals surface area contributed by atoms with Gasteiger partial charge in [0.05, 0.1) is 20.3 Å². The van der Waals surface area contributed by atoms with Crippen molar-refractivity contribution in [3.05, 3.63) is 60.2 Å². The zero-order chi connectivity index (χ0) is 19.2. The van der Waals surface area contributed by atoms with Gasteiger partial charge in [0.15, 0.2) is 0 Å². The highest BCUT2D eigenvalue weighted by Gasteiger charge is 2.45. The summed E-state index contributed by atoms with van der Waals surface area (Å²) in [6, 6.07) is 16.3. The van der Waals surface area contributed by atoms with Crippen LogP contribution in [0.4, 0.5) is 0 Å². The second-order valence-electron chi connectivity index (χ2n) is 6.31. The summed E-state index contributed by atoms with van der Waals surface area (Å²) in [6.45, 7) is 0.387. The van der Waals surface area contributed by atoms with Gasteiger partial charge in [0.25, 0.3) is 0 Å². The lowest BCUT2D eigenvalue weighted by atomic mass is 9.99. The number of methoxy groups -OCH3 is 1. The maximum atomic E-state index is 10.2. The Labute approximate surface area is 157 Å². The summed E-state index contributed by atoms with van der Waals surface area (Å²) >= 11 is 0. The lowest BCUT2D eigenvalue weighted by molar-refractivity contribution is -0.280. The van der Waals surface area contributed by atoms with Gasteiger partial charge in [0.1, 0.15) is 35.9 Å². The first-order chi connectivity index (χ1) is 13.1. The fourth-order valence-electron chi connectivity index (χ4n) is 2.81. The first-order valence-corrected chi connectivity index (χ1v) is 8.70. The monoisotopic (exact) mass is 376 g/mol. The molecule has 7 heteroatoms. The normalized spacial score (nSPS) is 27.9. The molecule has 3 N–H and O–H groups in total. The number of ether oxygens (including phenoxy) is 4. The third kappa shape index (κ3) is 4.97. The van der Waals surface area contributed by atoms with E-state index in [0.717, 1.165) is 5.56 Å². The highest BCUT2D eigenvalue weighted by molar-refractivity contribution is 5.31. The van der Waals surface area contributed by atoms with Gasteiger partial charge in [0, 0.05) is 0 Å². The zero-order valence-corrected chi connectivity index (χ0v) is 15.0. The molecule has 1 heterocycles. The van der Waals surface area contributed by atoms with Gasteiger partial charge in [-0.25, -0.2) is 0 Å². The van der Waals surface area contributed by atoms with Crippen LogP contribution in [0.1, 0.15) is 5.56 Å². The average molecular weight is 376 g/mol. The van der Waals surface area contributed by atoms with Crippen LogP contribution < -0.4 is 9.47 Å². The molecule has 7 nitrogen and oxygen atoms in total. The molecular weight excluding hydrogens is 352 g/mol. The Morgan fingerprint density at radius 1 is 0.852 bits per heavy atom. The van der Waals surface area contributed by atoms with Gasteiger partial charge in [0.2, 0.25) is 6.29 Å². The van der Waals surface area contributed by atoms with Gasteiger partial charge in [-0.3, -0.25) is 0 Å². The van der Waals surface area contributed by atoms with Crippen LogP contribution in [-0.2, 0) is 16.1 Å². The van der Waals surface area contributed by atoms with E-state index in [4.69, 9.17) is 18.9 Å². The van der Waals surface area contributed by atoms with E-state index in [2.05, 4.69) is 0 Å². The smallest absolute Gasteiger partial charge is 0.229 e. The summed E-state index contributed by atoms with van der Waals surface area (Å²) in [5.41, 5.74) is 0.981. The third-order valence-corrected chi connectivity index (χ3v) is 4.37. The van der Waals surface area contributed by atoms with Crippen molar-refractivity contribution < 1.29 is 34.3 Å². The summed E-state index contributed by atoms with van der Waals surface area (Å²) in [5, 5.41) is 30.5. The van der Waals surface area contributed by atoms with Crippen molar-refractivity contribution >= 4 is 0 Å². The minimum absolute atomic E-state index is 0.0440.